The van der Waals surface area contributed by atoms with Crippen LogP contribution in [0.15, 0.2) is 5.11 Å². The van der Waals surface area contributed by atoms with E-state index in [0.29, 0.717) is 0 Å². The fourth-order valence-electron chi connectivity index (χ4n) is 2.26. The predicted molar refractivity (Wildman–Crippen MR) is 71.7 cm³/mol. The number of carbonyl (C=O) groups excluding carboxylic acids is 1. The molecule has 3 unspecified atom stereocenters. The molecule has 1 aliphatic heterocycles. The van der Waals surface area contributed by atoms with E-state index in [9.17, 15) is 30.0 Å². The van der Waals surface area contributed by atoms with E-state index in [1.54, 1.807) is 0 Å². The number of aliphatic hydroxyl groups is 4. The summed E-state index contributed by atoms with van der Waals surface area (Å²) in [4.78, 5) is 24.7. The molecule has 0 aromatic heterocycles. The lowest BCUT2D eigenvalue weighted by Gasteiger charge is -2.44. The normalized spacial score (nSPS) is 33.2. The van der Waals surface area contributed by atoms with Gasteiger partial charge in [-0.25, -0.2) is 4.79 Å². The highest BCUT2D eigenvalue weighted by molar-refractivity contribution is 5.76. The van der Waals surface area contributed by atoms with Crippen LogP contribution in [0.4, 0.5) is 0 Å². The highest BCUT2D eigenvalue weighted by atomic mass is 16.7. The third kappa shape index (κ3) is 4.51. The third-order valence-corrected chi connectivity index (χ3v) is 3.35. The van der Waals surface area contributed by atoms with Crippen LogP contribution in [0.3, 0.4) is 0 Å². The molecule has 0 spiro atoms. The Kier molecular flexibility index (Phi) is 6.27. The topological polar surface area (TPSA) is 205 Å². The van der Waals surface area contributed by atoms with Crippen molar-refractivity contribution < 1.29 is 39.9 Å². The monoisotopic (exact) mass is 334 g/mol. The molecular weight excluding hydrogens is 316 g/mol. The van der Waals surface area contributed by atoms with E-state index in [-0.39, 0.29) is 0 Å². The predicted octanol–water partition coefficient (Wildman–Crippen LogP) is -2.55. The number of carboxylic acids is 1. The number of hydrogen-bond acceptors (Lipinski definition) is 8. The van der Waals surface area contributed by atoms with Crippen molar-refractivity contribution in [1.82, 2.24) is 5.32 Å². The Morgan fingerprint density at radius 2 is 2.13 bits per heavy atom. The Hall–Kier alpha value is -1.95. The molecule has 1 fully saturated rings. The minimum Gasteiger partial charge on any atom is -0.477 e. The number of carbonyl (C=O) groups is 2. The van der Waals surface area contributed by atoms with Crippen LogP contribution in [-0.2, 0) is 14.3 Å². The van der Waals surface area contributed by atoms with Crippen LogP contribution in [0.5, 0.6) is 0 Å². The van der Waals surface area contributed by atoms with Crippen LogP contribution in [0.1, 0.15) is 13.3 Å². The first-order chi connectivity index (χ1) is 10.6. The van der Waals surface area contributed by atoms with Crippen molar-refractivity contribution in [3.05, 3.63) is 10.4 Å². The maximum Gasteiger partial charge on any atom is 0.364 e. The van der Waals surface area contributed by atoms with Crippen LogP contribution >= 0.6 is 0 Å². The Morgan fingerprint density at radius 1 is 1.52 bits per heavy atom. The van der Waals surface area contributed by atoms with E-state index in [2.05, 4.69) is 15.3 Å². The number of carboxylic acid groups (broad SMARTS) is 1. The van der Waals surface area contributed by atoms with Gasteiger partial charge in [-0.2, -0.15) is 0 Å². The fraction of sp³-hybridized carbons (Fsp3) is 0.818. The summed E-state index contributed by atoms with van der Waals surface area (Å²) in [5, 5.41) is 53.9. The summed E-state index contributed by atoms with van der Waals surface area (Å²) >= 11 is 0. The summed E-state index contributed by atoms with van der Waals surface area (Å²) in [5.41, 5.74) is 8.20. The molecule has 6 atom stereocenters. The first kappa shape index (κ1) is 19.1. The smallest absolute Gasteiger partial charge is 0.364 e. The van der Waals surface area contributed by atoms with Crippen molar-refractivity contribution >= 4 is 11.9 Å². The third-order valence-electron chi connectivity index (χ3n) is 3.35. The van der Waals surface area contributed by atoms with Gasteiger partial charge in [-0.05, 0) is 5.53 Å². The highest BCUT2D eigenvalue weighted by Gasteiger charge is 2.53. The molecular formula is C11H18N4O8. The molecule has 0 aromatic rings. The van der Waals surface area contributed by atoms with Crippen molar-refractivity contribution in [2.45, 2.75) is 49.6 Å². The van der Waals surface area contributed by atoms with Gasteiger partial charge in [-0.15, -0.1) is 0 Å². The molecule has 130 valence electrons. The van der Waals surface area contributed by atoms with Gasteiger partial charge in [0.2, 0.25) is 5.91 Å². The zero-order valence-corrected chi connectivity index (χ0v) is 12.1. The van der Waals surface area contributed by atoms with E-state index in [0.717, 1.165) is 6.92 Å². The van der Waals surface area contributed by atoms with Gasteiger partial charge in [0.05, 0.1) is 24.8 Å². The molecule has 1 saturated heterocycles. The number of ether oxygens (including phenoxy) is 1. The molecule has 0 aromatic carbocycles. The zero-order valence-electron chi connectivity index (χ0n) is 12.1. The van der Waals surface area contributed by atoms with Gasteiger partial charge in [0, 0.05) is 18.3 Å². The first-order valence-corrected chi connectivity index (χ1v) is 6.58. The molecule has 0 aliphatic carbocycles. The van der Waals surface area contributed by atoms with Gasteiger partial charge in [0.1, 0.15) is 12.2 Å². The first-order valence-electron chi connectivity index (χ1n) is 6.58. The number of rotatable bonds is 6. The van der Waals surface area contributed by atoms with Gasteiger partial charge >= 0.3 is 5.97 Å². The van der Waals surface area contributed by atoms with Crippen LogP contribution < -0.4 is 5.32 Å². The number of aliphatic carboxylic acids is 1. The Bertz CT molecular complexity index is 510. The molecule has 12 nitrogen and oxygen atoms in total. The summed E-state index contributed by atoms with van der Waals surface area (Å²) in [7, 11) is 0. The minimum atomic E-state index is -2.81. The van der Waals surface area contributed by atoms with Crippen molar-refractivity contribution in [2.75, 3.05) is 6.54 Å². The van der Waals surface area contributed by atoms with Gasteiger partial charge in [0.15, 0.2) is 0 Å². The maximum atomic E-state index is 11.2. The lowest BCUT2D eigenvalue weighted by Crippen LogP contribution is -2.67. The van der Waals surface area contributed by atoms with Gasteiger partial charge < -0.3 is 35.6 Å². The average molecular weight is 334 g/mol. The Labute approximate surface area is 129 Å². The van der Waals surface area contributed by atoms with E-state index in [4.69, 9.17) is 15.4 Å². The maximum absolute atomic E-state index is 11.2. The second-order valence-electron chi connectivity index (χ2n) is 5.14. The number of hydrogen-bond donors (Lipinski definition) is 6. The average Bonchev–Trinajstić information content (AvgIpc) is 2.46. The number of aliphatic hydroxyl groups excluding tert-OH is 3. The molecule has 6 N–H and O–H groups in total. The molecule has 1 heterocycles. The molecule has 12 heteroatoms. The second kappa shape index (κ2) is 7.55. The minimum absolute atomic E-state index is 0.564. The van der Waals surface area contributed by atoms with Gasteiger partial charge in [0.25, 0.3) is 5.79 Å². The zero-order chi connectivity index (χ0) is 17.8. The lowest BCUT2D eigenvalue weighted by molar-refractivity contribution is -0.294. The van der Waals surface area contributed by atoms with E-state index < -0.39 is 61.1 Å². The molecule has 1 amide bonds. The summed E-state index contributed by atoms with van der Waals surface area (Å²) in [6.07, 6.45) is -7.51. The summed E-state index contributed by atoms with van der Waals surface area (Å²) < 4.78 is 4.92. The van der Waals surface area contributed by atoms with Crippen molar-refractivity contribution in [1.29, 1.82) is 0 Å². The Morgan fingerprint density at radius 3 is 2.61 bits per heavy atom. The molecule has 0 bridgehead atoms. The molecule has 23 heavy (non-hydrogen) atoms. The number of nitrogens with zero attached hydrogens (tertiary/aromatic N) is 3. The van der Waals surface area contributed by atoms with Crippen LogP contribution in [-0.4, -0.2) is 80.2 Å². The second-order valence-corrected chi connectivity index (χ2v) is 5.14. The van der Waals surface area contributed by atoms with Crippen molar-refractivity contribution in [2.24, 2.45) is 5.11 Å². The summed E-state index contributed by atoms with van der Waals surface area (Å²) in [6.45, 7) is 0.552. The van der Waals surface area contributed by atoms with Crippen LogP contribution in [0.2, 0.25) is 0 Å². The quantitative estimate of drug-likeness (QED) is 0.173. The lowest BCUT2D eigenvalue weighted by atomic mass is 9.88. The molecule has 1 aliphatic rings. The summed E-state index contributed by atoms with van der Waals surface area (Å²) in [5.74, 6) is -5.22. The van der Waals surface area contributed by atoms with Crippen LogP contribution in [0.25, 0.3) is 10.4 Å². The number of nitrogens with one attached hydrogen (secondary N) is 1. The largest absolute Gasteiger partial charge is 0.477 e. The van der Waals surface area contributed by atoms with E-state index >= 15 is 0 Å². The molecule has 0 radical (unpaired) electrons. The fourth-order valence-corrected chi connectivity index (χ4v) is 2.26. The van der Waals surface area contributed by atoms with E-state index in [1.165, 1.54) is 0 Å². The van der Waals surface area contributed by atoms with E-state index in [1.807, 2.05) is 0 Å². The van der Waals surface area contributed by atoms with Crippen molar-refractivity contribution in [3.8, 4) is 0 Å². The number of azide groups is 1. The van der Waals surface area contributed by atoms with Gasteiger partial charge in [-0.1, -0.05) is 5.11 Å². The Balaban J connectivity index is 3.08. The van der Waals surface area contributed by atoms with Gasteiger partial charge in [-0.3, -0.25) is 4.79 Å². The number of amides is 1. The molecule has 0 saturated carbocycles. The van der Waals surface area contributed by atoms with Crippen LogP contribution in [0, 0.1) is 0 Å². The summed E-state index contributed by atoms with van der Waals surface area (Å²) in [6, 6.07) is -1.29. The molecule has 1 rings (SSSR count). The highest BCUT2D eigenvalue weighted by Crippen LogP contribution is 2.30. The standard InChI is InChI=1S/C11H18N4O8/c1-4(16)14-7-5(17)2-11(22,10(20)21)23-9(7)8(19)6(18)3-13-15-12/h5-9,17-19,22H,2-3H2,1H3,(H,14,16)(H,20,21)/t5?,6-,7-,8-,9?,11?/m1/s1. The van der Waals surface area contributed by atoms with Crippen molar-refractivity contribution in [3.63, 3.8) is 0 Å². The SMILES string of the molecule is CC(=O)N[C@@H]1C(O)CC(O)(C(=O)O)OC1[C@H](O)[C@H](O)CN=[N+]=[N-].